The first-order valence-electron chi connectivity index (χ1n) is 13.1. The van der Waals surface area contributed by atoms with Crippen LogP contribution in [-0.4, -0.2) is 57.4 Å². The minimum absolute atomic E-state index is 0.0712. The molecule has 1 aliphatic heterocycles. The number of aryl methyl sites for hydroxylation is 3. The molecule has 5 rings (SSSR count). The van der Waals surface area contributed by atoms with Gasteiger partial charge in [0.25, 0.3) is 5.56 Å². The number of fused-ring (bicyclic) bond motifs is 3. The molecule has 0 unspecified atom stereocenters. The van der Waals surface area contributed by atoms with Crippen LogP contribution in [0.2, 0.25) is 0 Å². The molecule has 1 amide bonds. The third-order valence-electron chi connectivity index (χ3n) is 7.60. The number of amides is 1. The number of carbonyl (C=O) groups excluding carboxylic acids is 1. The Morgan fingerprint density at radius 3 is 2.67 bits per heavy atom. The van der Waals surface area contributed by atoms with Crippen LogP contribution in [0.4, 0.5) is 16.0 Å². The van der Waals surface area contributed by atoms with Crippen LogP contribution in [0, 0.1) is 19.7 Å². The second-order valence-electron chi connectivity index (χ2n) is 10.5. The van der Waals surface area contributed by atoms with E-state index in [1.807, 2.05) is 56.4 Å². The maximum atomic E-state index is 13.5. The molecule has 3 heterocycles. The van der Waals surface area contributed by atoms with Crippen LogP contribution in [0.1, 0.15) is 29.7 Å². The van der Waals surface area contributed by atoms with Gasteiger partial charge in [-0.1, -0.05) is 12.1 Å². The molecule has 0 bridgehead atoms. The molecule has 2 aromatic heterocycles. The average Bonchev–Trinajstić information content (AvgIpc) is 3.20. The first kappa shape index (κ1) is 26.9. The van der Waals surface area contributed by atoms with E-state index in [-0.39, 0.29) is 17.3 Å². The van der Waals surface area contributed by atoms with E-state index in [9.17, 15) is 18.5 Å². The number of nitrogens with one attached hydrogen (secondary N) is 2. The Hall–Kier alpha value is -3.71. The fourth-order valence-corrected chi connectivity index (χ4v) is 6.69. The SMILES string of the molecule is Cc1cc(F)ccc1Nc1nc2ccc3c(C)c(/C=C/CCC(=O)N4CCP(C)(=O)CC4)[nH]c(=O)c3c2n1C. The van der Waals surface area contributed by atoms with Gasteiger partial charge in [-0.25, -0.2) is 9.37 Å². The molecular formula is C29H33FN5O3P. The molecule has 0 aliphatic carbocycles. The molecule has 2 N–H and O–H groups in total. The maximum Gasteiger partial charge on any atom is 0.258 e. The van der Waals surface area contributed by atoms with Crippen molar-refractivity contribution < 1.29 is 13.8 Å². The Labute approximate surface area is 226 Å². The molecule has 204 valence electrons. The van der Waals surface area contributed by atoms with E-state index in [1.54, 1.807) is 11.0 Å². The third kappa shape index (κ3) is 5.41. The Balaban J connectivity index is 1.38. The van der Waals surface area contributed by atoms with Crippen molar-refractivity contribution in [2.24, 2.45) is 7.05 Å². The molecule has 4 aromatic rings. The first-order chi connectivity index (χ1) is 18.5. The van der Waals surface area contributed by atoms with E-state index in [2.05, 4.69) is 15.3 Å². The van der Waals surface area contributed by atoms with Crippen LogP contribution < -0.4 is 10.9 Å². The van der Waals surface area contributed by atoms with Crippen LogP contribution >= 0.6 is 7.14 Å². The minimum atomic E-state index is -2.07. The van der Waals surface area contributed by atoms with Crippen LogP contribution in [-0.2, 0) is 16.4 Å². The summed E-state index contributed by atoms with van der Waals surface area (Å²) < 4.78 is 27.5. The molecule has 0 radical (unpaired) electrons. The van der Waals surface area contributed by atoms with Gasteiger partial charge in [0, 0.05) is 50.3 Å². The molecule has 8 nitrogen and oxygen atoms in total. The molecule has 0 saturated carbocycles. The van der Waals surface area contributed by atoms with Crippen LogP contribution in [0.25, 0.3) is 27.9 Å². The topological polar surface area (TPSA) is 100 Å². The summed E-state index contributed by atoms with van der Waals surface area (Å²) in [5.41, 5.74) is 4.28. The minimum Gasteiger partial charge on any atom is -0.342 e. The molecule has 2 aromatic carbocycles. The molecule has 39 heavy (non-hydrogen) atoms. The lowest BCUT2D eigenvalue weighted by Crippen LogP contribution is -2.39. The van der Waals surface area contributed by atoms with E-state index in [1.165, 1.54) is 12.1 Å². The van der Waals surface area contributed by atoms with Crippen molar-refractivity contribution in [2.45, 2.75) is 26.7 Å². The van der Waals surface area contributed by atoms with Crippen molar-refractivity contribution in [1.82, 2.24) is 19.4 Å². The third-order valence-corrected chi connectivity index (χ3v) is 9.89. The summed E-state index contributed by atoms with van der Waals surface area (Å²) in [4.78, 5) is 35.3. The summed E-state index contributed by atoms with van der Waals surface area (Å²) in [5, 5.41) is 4.63. The van der Waals surface area contributed by atoms with Gasteiger partial charge < -0.3 is 24.3 Å². The zero-order valence-electron chi connectivity index (χ0n) is 22.7. The zero-order valence-corrected chi connectivity index (χ0v) is 23.6. The second-order valence-corrected chi connectivity index (χ2v) is 14.0. The van der Waals surface area contributed by atoms with Gasteiger partial charge in [-0.15, -0.1) is 0 Å². The zero-order chi connectivity index (χ0) is 27.9. The van der Waals surface area contributed by atoms with Crippen molar-refractivity contribution in [1.29, 1.82) is 0 Å². The number of anilines is 2. The van der Waals surface area contributed by atoms with Gasteiger partial charge in [0.2, 0.25) is 11.9 Å². The summed E-state index contributed by atoms with van der Waals surface area (Å²) in [5.74, 6) is 0.318. The Kier molecular flexibility index (Phi) is 7.21. The average molecular weight is 550 g/mol. The predicted molar refractivity (Wildman–Crippen MR) is 156 cm³/mol. The summed E-state index contributed by atoms with van der Waals surface area (Å²) in [6.45, 7) is 6.73. The van der Waals surface area contributed by atoms with Gasteiger partial charge in [0.15, 0.2) is 0 Å². The fourth-order valence-electron chi connectivity index (χ4n) is 5.14. The molecular weight excluding hydrogens is 516 g/mol. The number of pyridine rings is 1. The number of imidazole rings is 1. The van der Waals surface area contributed by atoms with Gasteiger partial charge >= 0.3 is 0 Å². The normalized spacial score (nSPS) is 15.5. The number of allylic oxidation sites excluding steroid dienone is 1. The number of aromatic amines is 1. The predicted octanol–water partition coefficient (Wildman–Crippen LogP) is 5.54. The second kappa shape index (κ2) is 10.5. The molecule has 1 saturated heterocycles. The molecule has 0 spiro atoms. The van der Waals surface area contributed by atoms with E-state index in [0.717, 1.165) is 22.2 Å². The quantitative estimate of drug-likeness (QED) is 0.308. The lowest BCUT2D eigenvalue weighted by Gasteiger charge is -2.30. The summed E-state index contributed by atoms with van der Waals surface area (Å²) in [7, 11) is -0.222. The van der Waals surface area contributed by atoms with Gasteiger partial charge in [-0.2, -0.15) is 0 Å². The van der Waals surface area contributed by atoms with Crippen LogP contribution in [0.3, 0.4) is 0 Å². The Bertz CT molecular complexity index is 1730. The van der Waals surface area contributed by atoms with Crippen molar-refractivity contribution in [2.75, 3.05) is 37.4 Å². The highest BCUT2D eigenvalue weighted by molar-refractivity contribution is 7.63. The van der Waals surface area contributed by atoms with Crippen molar-refractivity contribution in [3.05, 3.63) is 69.4 Å². The lowest BCUT2D eigenvalue weighted by molar-refractivity contribution is -0.130. The largest absolute Gasteiger partial charge is 0.342 e. The molecule has 10 heteroatoms. The highest BCUT2D eigenvalue weighted by atomic mass is 31.2. The number of H-pyrrole nitrogens is 1. The summed E-state index contributed by atoms with van der Waals surface area (Å²) >= 11 is 0. The number of benzene rings is 2. The summed E-state index contributed by atoms with van der Waals surface area (Å²) in [6.07, 6.45) is 5.89. The molecule has 0 atom stereocenters. The van der Waals surface area contributed by atoms with Gasteiger partial charge in [-0.05, 0) is 73.8 Å². The fraction of sp³-hybridized carbons (Fsp3) is 0.345. The van der Waals surface area contributed by atoms with Crippen LogP contribution in [0.15, 0.2) is 41.2 Å². The Morgan fingerprint density at radius 2 is 1.95 bits per heavy atom. The van der Waals surface area contributed by atoms with Crippen molar-refractivity contribution in [3.63, 3.8) is 0 Å². The van der Waals surface area contributed by atoms with E-state index in [0.29, 0.717) is 66.3 Å². The maximum absolute atomic E-state index is 13.5. The van der Waals surface area contributed by atoms with E-state index >= 15 is 0 Å². The number of aromatic nitrogens is 3. The summed E-state index contributed by atoms with van der Waals surface area (Å²) in [6, 6.07) is 8.32. The number of halogens is 1. The number of hydrogen-bond acceptors (Lipinski definition) is 5. The van der Waals surface area contributed by atoms with E-state index < -0.39 is 7.14 Å². The number of rotatable bonds is 6. The highest BCUT2D eigenvalue weighted by Crippen LogP contribution is 2.42. The monoisotopic (exact) mass is 549 g/mol. The van der Waals surface area contributed by atoms with Crippen molar-refractivity contribution >= 4 is 52.6 Å². The first-order valence-corrected chi connectivity index (χ1v) is 15.6. The smallest absolute Gasteiger partial charge is 0.258 e. The number of nitrogens with zero attached hydrogens (tertiary/aromatic N) is 3. The Morgan fingerprint density at radius 1 is 1.21 bits per heavy atom. The van der Waals surface area contributed by atoms with Gasteiger partial charge in [0.05, 0.1) is 23.6 Å². The molecule has 1 aliphatic rings. The van der Waals surface area contributed by atoms with Gasteiger partial charge in [0.1, 0.15) is 5.82 Å². The van der Waals surface area contributed by atoms with Gasteiger partial charge in [-0.3, -0.25) is 9.59 Å². The number of hydrogen-bond donors (Lipinski definition) is 2. The standard InChI is InChI=1S/C29H33FN5O3P/c1-18-17-20(30)9-11-22(18)32-29-33-24-12-10-21-19(2)23(31-28(37)26(21)27(24)34(29)3)7-5-6-8-25(36)35-13-15-39(4,38)16-14-35/h5,7,9-12,17H,6,8,13-16H2,1-4H3,(H,31,37)(H,32,33)/b7-5+. The highest BCUT2D eigenvalue weighted by Gasteiger charge is 2.26. The van der Waals surface area contributed by atoms with E-state index in [4.69, 9.17) is 0 Å². The van der Waals surface area contributed by atoms with Crippen LogP contribution in [0.5, 0.6) is 0 Å². The number of carbonyl (C=O) groups is 1. The van der Waals surface area contributed by atoms with Crippen molar-refractivity contribution in [3.8, 4) is 0 Å². The molecule has 1 fully saturated rings. The lowest BCUT2D eigenvalue weighted by atomic mass is 10.0.